The van der Waals surface area contributed by atoms with E-state index in [1.165, 1.54) is 0 Å². The number of rotatable bonds is 3. The van der Waals surface area contributed by atoms with Crippen LogP contribution in [0.25, 0.3) is 0 Å². The Morgan fingerprint density at radius 3 is 2.68 bits per heavy atom. The van der Waals surface area contributed by atoms with E-state index in [9.17, 15) is 9.59 Å². The average molecular weight is 330 g/mol. The van der Waals surface area contributed by atoms with Gasteiger partial charge >= 0.3 is 5.97 Å². The lowest BCUT2D eigenvalue weighted by Crippen LogP contribution is -2.30. The van der Waals surface area contributed by atoms with E-state index < -0.39 is 11.9 Å². The predicted molar refractivity (Wildman–Crippen MR) is 72.0 cm³/mol. The minimum atomic E-state index is -0.848. The van der Waals surface area contributed by atoms with Crippen LogP contribution in [0.4, 0.5) is 0 Å². The number of hydrogen-bond donors (Lipinski definition) is 2. The Morgan fingerprint density at radius 1 is 1.53 bits per heavy atom. The van der Waals surface area contributed by atoms with Gasteiger partial charge in [0.1, 0.15) is 0 Å². The summed E-state index contributed by atoms with van der Waals surface area (Å²) in [6, 6.07) is 0. The smallest absolute Gasteiger partial charge is 0.308 e. The fourth-order valence-electron chi connectivity index (χ4n) is 2.16. The molecule has 1 atom stereocenters. The highest BCUT2D eigenvalue weighted by Gasteiger charge is 2.33. The average Bonchev–Trinajstić information content (AvgIpc) is 2.94. The van der Waals surface area contributed by atoms with Gasteiger partial charge in [0.15, 0.2) is 5.69 Å². The van der Waals surface area contributed by atoms with Crippen molar-refractivity contribution < 1.29 is 14.7 Å². The topological polar surface area (TPSA) is 86.3 Å². The molecule has 19 heavy (non-hydrogen) atoms. The molecule has 1 aromatic heterocycles. The number of nitrogens with one attached hydrogen (secondary N) is 1. The van der Waals surface area contributed by atoms with Gasteiger partial charge in [-0.3, -0.25) is 14.7 Å². The Kier molecular flexibility index (Phi) is 3.93. The lowest BCUT2D eigenvalue weighted by atomic mass is 10.1. The van der Waals surface area contributed by atoms with Crippen LogP contribution >= 0.6 is 15.9 Å². The molecule has 7 heteroatoms. The minimum Gasteiger partial charge on any atom is -0.481 e. The Balaban J connectivity index is 2.15. The molecule has 0 saturated carbocycles. The van der Waals surface area contributed by atoms with Crippen LogP contribution in [0.5, 0.6) is 0 Å². The van der Waals surface area contributed by atoms with Gasteiger partial charge in [-0.2, -0.15) is 5.10 Å². The number of halogens is 1. The molecule has 0 radical (unpaired) electrons. The normalized spacial score (nSPS) is 19.2. The van der Waals surface area contributed by atoms with Crippen LogP contribution < -0.4 is 0 Å². The van der Waals surface area contributed by atoms with E-state index in [0.717, 1.165) is 5.69 Å². The Hall–Kier alpha value is -1.37. The van der Waals surface area contributed by atoms with E-state index in [0.29, 0.717) is 23.1 Å². The van der Waals surface area contributed by atoms with Crippen molar-refractivity contribution in [3.05, 3.63) is 15.9 Å². The maximum atomic E-state index is 12.3. The van der Waals surface area contributed by atoms with E-state index >= 15 is 0 Å². The zero-order valence-electron chi connectivity index (χ0n) is 10.8. The van der Waals surface area contributed by atoms with Gasteiger partial charge in [-0.1, -0.05) is 13.8 Å². The Labute approximate surface area is 119 Å². The van der Waals surface area contributed by atoms with E-state index in [-0.39, 0.29) is 18.4 Å². The third kappa shape index (κ3) is 2.65. The first kappa shape index (κ1) is 14.0. The van der Waals surface area contributed by atoms with Crippen LogP contribution in [0.1, 0.15) is 42.4 Å². The number of nitrogens with zero attached hydrogens (tertiary/aromatic N) is 2. The second kappa shape index (κ2) is 5.32. The van der Waals surface area contributed by atoms with Crippen molar-refractivity contribution >= 4 is 27.8 Å². The number of aromatic nitrogens is 2. The first-order valence-corrected chi connectivity index (χ1v) is 6.97. The van der Waals surface area contributed by atoms with E-state index in [1.807, 2.05) is 13.8 Å². The van der Waals surface area contributed by atoms with Crippen LogP contribution in [0.15, 0.2) is 4.47 Å². The molecule has 0 spiro atoms. The minimum absolute atomic E-state index is 0.223. The van der Waals surface area contributed by atoms with Crippen molar-refractivity contribution in [3.63, 3.8) is 0 Å². The van der Waals surface area contributed by atoms with Crippen LogP contribution in [0.2, 0.25) is 0 Å². The van der Waals surface area contributed by atoms with Crippen molar-refractivity contribution in [2.75, 3.05) is 13.1 Å². The second-order valence-electron chi connectivity index (χ2n) is 5.03. The summed E-state index contributed by atoms with van der Waals surface area (Å²) in [6.45, 7) is 4.72. The maximum absolute atomic E-state index is 12.3. The molecule has 1 aromatic rings. The molecule has 2 heterocycles. The Bertz CT molecular complexity index is 512. The fourth-order valence-corrected chi connectivity index (χ4v) is 2.97. The summed E-state index contributed by atoms with van der Waals surface area (Å²) in [5, 5.41) is 15.8. The number of aromatic amines is 1. The van der Waals surface area contributed by atoms with Crippen molar-refractivity contribution in [3.8, 4) is 0 Å². The van der Waals surface area contributed by atoms with Crippen molar-refractivity contribution in [1.29, 1.82) is 0 Å². The van der Waals surface area contributed by atoms with Gasteiger partial charge in [0.05, 0.1) is 16.1 Å². The molecule has 6 nitrogen and oxygen atoms in total. The number of amides is 1. The SMILES string of the molecule is CC(C)c1[nH]nc(C(=O)N2CC[C@H](C(=O)O)C2)c1Br. The number of carbonyl (C=O) groups is 2. The van der Waals surface area contributed by atoms with Crippen molar-refractivity contribution in [1.82, 2.24) is 15.1 Å². The van der Waals surface area contributed by atoms with Gasteiger partial charge in [-0.05, 0) is 28.3 Å². The molecule has 1 saturated heterocycles. The summed E-state index contributed by atoms with van der Waals surface area (Å²) in [5.74, 6) is -1.31. The molecule has 1 amide bonds. The van der Waals surface area contributed by atoms with Gasteiger partial charge in [0.2, 0.25) is 0 Å². The third-order valence-corrected chi connectivity index (χ3v) is 4.14. The summed E-state index contributed by atoms with van der Waals surface area (Å²) in [4.78, 5) is 24.7. The van der Waals surface area contributed by atoms with Crippen molar-refractivity contribution in [2.45, 2.75) is 26.2 Å². The van der Waals surface area contributed by atoms with Crippen LogP contribution in [-0.4, -0.2) is 45.2 Å². The molecular weight excluding hydrogens is 314 g/mol. The molecule has 1 aliphatic rings. The van der Waals surface area contributed by atoms with Crippen LogP contribution in [0.3, 0.4) is 0 Å². The lowest BCUT2D eigenvalue weighted by molar-refractivity contribution is -0.141. The second-order valence-corrected chi connectivity index (χ2v) is 5.82. The molecule has 2 N–H and O–H groups in total. The highest BCUT2D eigenvalue weighted by molar-refractivity contribution is 9.10. The molecule has 1 aliphatic heterocycles. The maximum Gasteiger partial charge on any atom is 0.308 e. The van der Waals surface area contributed by atoms with E-state index in [2.05, 4.69) is 26.1 Å². The van der Waals surface area contributed by atoms with E-state index in [1.54, 1.807) is 4.90 Å². The number of carboxylic acid groups (broad SMARTS) is 1. The monoisotopic (exact) mass is 329 g/mol. The van der Waals surface area contributed by atoms with Crippen molar-refractivity contribution in [2.24, 2.45) is 5.92 Å². The highest BCUT2D eigenvalue weighted by Crippen LogP contribution is 2.27. The summed E-state index contributed by atoms with van der Waals surface area (Å²) in [5.41, 5.74) is 1.20. The first-order valence-electron chi connectivity index (χ1n) is 6.17. The number of likely N-dealkylation sites (tertiary alicyclic amines) is 1. The summed E-state index contributed by atoms with van der Waals surface area (Å²) in [7, 11) is 0. The summed E-state index contributed by atoms with van der Waals surface area (Å²) in [6.07, 6.45) is 0.500. The Morgan fingerprint density at radius 2 is 2.21 bits per heavy atom. The molecular formula is C12H16BrN3O3. The molecule has 2 rings (SSSR count). The molecule has 104 valence electrons. The van der Waals surface area contributed by atoms with Crippen LogP contribution in [-0.2, 0) is 4.79 Å². The molecule has 0 bridgehead atoms. The highest BCUT2D eigenvalue weighted by atomic mass is 79.9. The van der Waals surface area contributed by atoms with Gasteiger partial charge in [0.25, 0.3) is 5.91 Å². The predicted octanol–water partition coefficient (Wildman–Crippen LogP) is 1.84. The number of carboxylic acids is 1. The zero-order valence-corrected chi connectivity index (χ0v) is 12.4. The standard InChI is InChI=1S/C12H16BrN3O3/c1-6(2)9-8(13)10(15-14-9)11(17)16-4-3-7(5-16)12(18)19/h6-7H,3-5H2,1-2H3,(H,14,15)(H,18,19)/t7-/m0/s1. The number of aliphatic carboxylic acids is 1. The van der Waals surface area contributed by atoms with Crippen LogP contribution in [0, 0.1) is 5.92 Å². The quantitative estimate of drug-likeness (QED) is 0.885. The molecule has 0 unspecified atom stereocenters. The van der Waals surface area contributed by atoms with E-state index in [4.69, 9.17) is 5.11 Å². The van der Waals surface area contributed by atoms with Gasteiger partial charge in [-0.25, -0.2) is 0 Å². The number of carbonyl (C=O) groups excluding carboxylic acids is 1. The third-order valence-electron chi connectivity index (χ3n) is 3.34. The summed E-state index contributed by atoms with van der Waals surface area (Å²) < 4.78 is 0.672. The lowest BCUT2D eigenvalue weighted by Gasteiger charge is -2.14. The number of H-pyrrole nitrogens is 1. The fraction of sp³-hybridized carbons (Fsp3) is 0.583. The summed E-state index contributed by atoms with van der Waals surface area (Å²) >= 11 is 3.39. The molecule has 1 fully saturated rings. The molecule has 0 aromatic carbocycles. The van der Waals surface area contributed by atoms with Gasteiger partial charge < -0.3 is 10.0 Å². The van der Waals surface area contributed by atoms with Gasteiger partial charge in [0, 0.05) is 13.1 Å². The largest absolute Gasteiger partial charge is 0.481 e. The number of hydrogen-bond acceptors (Lipinski definition) is 3. The molecule has 0 aliphatic carbocycles. The van der Waals surface area contributed by atoms with Gasteiger partial charge in [-0.15, -0.1) is 0 Å². The zero-order chi connectivity index (χ0) is 14.2. The first-order chi connectivity index (χ1) is 8.91.